The van der Waals surface area contributed by atoms with Gasteiger partial charge in [0.15, 0.2) is 0 Å². The maximum atomic E-state index is 5.99. The molecule has 0 amide bonds. The van der Waals surface area contributed by atoms with Crippen LogP contribution in [0, 0.1) is 0 Å². The summed E-state index contributed by atoms with van der Waals surface area (Å²) in [5.74, 6) is 0. The van der Waals surface area contributed by atoms with Gasteiger partial charge < -0.3 is 0 Å². The van der Waals surface area contributed by atoms with Crippen LogP contribution in [-0.4, -0.2) is 6.21 Å². The third-order valence-electron chi connectivity index (χ3n) is 2.02. The quantitative estimate of drug-likeness (QED) is 0.709. The molecule has 1 heterocycles. The fourth-order valence-electron chi connectivity index (χ4n) is 1.20. The molecule has 0 N–H and O–H groups in total. The summed E-state index contributed by atoms with van der Waals surface area (Å²) >= 11 is 7.66. The van der Waals surface area contributed by atoms with E-state index < -0.39 is 0 Å². The van der Waals surface area contributed by atoms with Crippen LogP contribution in [0.1, 0.15) is 11.1 Å². The van der Waals surface area contributed by atoms with Gasteiger partial charge >= 0.3 is 0 Å². The van der Waals surface area contributed by atoms with Crippen LogP contribution in [0.4, 0.5) is 0 Å². The maximum absolute atomic E-state index is 5.99. The van der Waals surface area contributed by atoms with Crippen molar-refractivity contribution in [1.82, 2.24) is 0 Å². The second-order valence-corrected chi connectivity index (χ2v) is 4.36. The molecule has 0 radical (unpaired) electrons. The fraction of sp³-hybridized carbons (Fsp3) is 0. The van der Waals surface area contributed by atoms with Crippen molar-refractivity contribution >= 4 is 35.2 Å². The predicted octanol–water partition coefficient (Wildman–Crippen LogP) is 4.49. The number of rotatable bonds is 3. The van der Waals surface area contributed by atoms with Crippen LogP contribution in [-0.2, 0) is 0 Å². The lowest BCUT2D eigenvalue weighted by Gasteiger charge is -1.93. The maximum Gasteiger partial charge on any atom is 0.0493 e. The van der Waals surface area contributed by atoms with E-state index >= 15 is 0 Å². The van der Waals surface area contributed by atoms with Gasteiger partial charge in [0, 0.05) is 23.0 Å². The van der Waals surface area contributed by atoms with E-state index in [1.165, 1.54) is 5.56 Å². The molecule has 3 heteroatoms. The van der Waals surface area contributed by atoms with Crippen molar-refractivity contribution in [1.29, 1.82) is 0 Å². The Hall–Kier alpha value is -1.38. The van der Waals surface area contributed by atoms with Gasteiger partial charge in [0.05, 0.1) is 0 Å². The molecule has 2 aromatic rings. The zero-order chi connectivity index (χ0) is 11.2. The van der Waals surface area contributed by atoms with Gasteiger partial charge in [-0.2, -0.15) is 11.3 Å². The standard InChI is InChI=1S/C13H10ClNS/c14-13-4-2-1-3-12(13)9-15-7-5-11-6-8-16-10-11/h1-10H/b7-5+,15-9+. The zero-order valence-corrected chi connectivity index (χ0v) is 10.1. The number of hydrogen-bond donors (Lipinski definition) is 0. The summed E-state index contributed by atoms with van der Waals surface area (Å²) in [5, 5.41) is 4.83. The molecule has 2 rings (SSSR count). The van der Waals surface area contributed by atoms with E-state index in [1.807, 2.05) is 41.8 Å². The third-order valence-corrected chi connectivity index (χ3v) is 3.06. The first kappa shape index (κ1) is 11.1. The summed E-state index contributed by atoms with van der Waals surface area (Å²) in [4.78, 5) is 4.19. The number of thiophene rings is 1. The monoisotopic (exact) mass is 247 g/mol. The van der Waals surface area contributed by atoms with Crippen LogP contribution in [0.5, 0.6) is 0 Å². The molecule has 0 fully saturated rings. The highest BCUT2D eigenvalue weighted by Crippen LogP contribution is 2.12. The molecule has 0 saturated heterocycles. The molecule has 1 aromatic heterocycles. The van der Waals surface area contributed by atoms with Crippen molar-refractivity contribution in [3.05, 3.63) is 63.4 Å². The van der Waals surface area contributed by atoms with Gasteiger partial charge in [-0.3, -0.25) is 4.99 Å². The zero-order valence-electron chi connectivity index (χ0n) is 8.51. The Bertz CT molecular complexity index is 500. The topological polar surface area (TPSA) is 12.4 Å². The number of nitrogens with zero attached hydrogens (tertiary/aromatic N) is 1. The minimum atomic E-state index is 0.718. The van der Waals surface area contributed by atoms with E-state index in [-0.39, 0.29) is 0 Å². The molecule has 0 unspecified atom stereocenters. The van der Waals surface area contributed by atoms with Gasteiger partial charge in [0.2, 0.25) is 0 Å². The Balaban J connectivity index is 2.03. The summed E-state index contributed by atoms with van der Waals surface area (Å²) in [6.45, 7) is 0. The van der Waals surface area contributed by atoms with Crippen LogP contribution in [0.15, 0.2) is 52.3 Å². The molecule has 1 nitrogen and oxygen atoms in total. The summed E-state index contributed by atoms with van der Waals surface area (Å²) in [7, 11) is 0. The molecule has 16 heavy (non-hydrogen) atoms. The molecule has 0 bridgehead atoms. The van der Waals surface area contributed by atoms with Crippen molar-refractivity contribution in [3.63, 3.8) is 0 Å². The van der Waals surface area contributed by atoms with E-state index in [0.717, 1.165) is 10.6 Å². The number of hydrogen-bond acceptors (Lipinski definition) is 2. The van der Waals surface area contributed by atoms with Crippen molar-refractivity contribution in [2.75, 3.05) is 0 Å². The number of halogens is 1. The first-order chi connectivity index (χ1) is 7.86. The van der Waals surface area contributed by atoms with Crippen LogP contribution >= 0.6 is 22.9 Å². The molecule has 0 aliphatic heterocycles. The summed E-state index contributed by atoms with van der Waals surface area (Å²) in [6, 6.07) is 9.68. The number of aliphatic imine (C=N–C) groups is 1. The molecule has 0 aliphatic carbocycles. The lowest BCUT2D eigenvalue weighted by atomic mass is 10.2. The van der Waals surface area contributed by atoms with E-state index in [2.05, 4.69) is 10.4 Å². The Labute approximate surface area is 104 Å². The molecular weight excluding hydrogens is 238 g/mol. The first-order valence-electron chi connectivity index (χ1n) is 4.83. The molecule has 0 spiro atoms. The van der Waals surface area contributed by atoms with Gasteiger partial charge in [-0.15, -0.1) is 0 Å². The average Bonchev–Trinajstić information content (AvgIpc) is 2.79. The van der Waals surface area contributed by atoms with Crippen molar-refractivity contribution in [2.45, 2.75) is 0 Å². The Morgan fingerprint density at radius 1 is 1.19 bits per heavy atom. The second-order valence-electron chi connectivity index (χ2n) is 3.17. The van der Waals surface area contributed by atoms with Gasteiger partial charge in [0.1, 0.15) is 0 Å². The highest BCUT2D eigenvalue weighted by atomic mass is 35.5. The minimum Gasteiger partial charge on any atom is -0.264 e. The Morgan fingerprint density at radius 2 is 2.06 bits per heavy atom. The molecule has 0 aliphatic rings. The van der Waals surface area contributed by atoms with E-state index in [9.17, 15) is 0 Å². The van der Waals surface area contributed by atoms with Crippen LogP contribution in [0.25, 0.3) is 6.08 Å². The van der Waals surface area contributed by atoms with Crippen molar-refractivity contribution < 1.29 is 0 Å². The van der Waals surface area contributed by atoms with Gasteiger partial charge in [-0.1, -0.05) is 29.8 Å². The molecule has 0 saturated carbocycles. The van der Waals surface area contributed by atoms with Crippen molar-refractivity contribution in [3.8, 4) is 0 Å². The minimum absolute atomic E-state index is 0.718. The third kappa shape index (κ3) is 3.05. The highest BCUT2D eigenvalue weighted by Gasteiger charge is 1.92. The SMILES string of the molecule is Clc1ccccc1/C=N/C=C/c1ccsc1. The van der Waals surface area contributed by atoms with E-state index in [0.29, 0.717) is 0 Å². The van der Waals surface area contributed by atoms with Crippen LogP contribution < -0.4 is 0 Å². The normalized spacial score (nSPS) is 11.6. The van der Waals surface area contributed by atoms with Gasteiger partial charge in [-0.05, 0) is 34.5 Å². The lowest BCUT2D eigenvalue weighted by molar-refractivity contribution is 1.58. The van der Waals surface area contributed by atoms with E-state index in [4.69, 9.17) is 11.6 Å². The number of benzene rings is 1. The van der Waals surface area contributed by atoms with Gasteiger partial charge in [-0.25, -0.2) is 0 Å². The summed E-state index contributed by atoms with van der Waals surface area (Å²) in [6.07, 6.45) is 5.49. The second kappa shape index (κ2) is 5.64. The highest BCUT2D eigenvalue weighted by molar-refractivity contribution is 7.08. The average molecular weight is 248 g/mol. The molecular formula is C13H10ClNS. The van der Waals surface area contributed by atoms with Crippen LogP contribution in [0.2, 0.25) is 5.02 Å². The molecule has 0 atom stereocenters. The Kier molecular flexibility index (Phi) is 3.91. The largest absolute Gasteiger partial charge is 0.264 e. The molecule has 80 valence electrons. The molecule has 1 aromatic carbocycles. The van der Waals surface area contributed by atoms with Crippen molar-refractivity contribution in [2.24, 2.45) is 4.99 Å². The first-order valence-corrected chi connectivity index (χ1v) is 6.15. The predicted molar refractivity (Wildman–Crippen MR) is 72.4 cm³/mol. The summed E-state index contributed by atoms with van der Waals surface area (Å²) < 4.78 is 0. The summed E-state index contributed by atoms with van der Waals surface area (Å²) in [5.41, 5.74) is 2.10. The Morgan fingerprint density at radius 3 is 2.81 bits per heavy atom. The lowest BCUT2D eigenvalue weighted by Crippen LogP contribution is -1.80. The fourth-order valence-corrected chi connectivity index (χ4v) is 2.02. The smallest absolute Gasteiger partial charge is 0.0493 e. The van der Waals surface area contributed by atoms with E-state index in [1.54, 1.807) is 23.8 Å². The van der Waals surface area contributed by atoms with Gasteiger partial charge in [0.25, 0.3) is 0 Å². The van der Waals surface area contributed by atoms with Crippen LogP contribution in [0.3, 0.4) is 0 Å².